The average Bonchev–Trinajstić information content (AvgIpc) is 2.10. The molecule has 13 heavy (non-hydrogen) atoms. The zero-order chi connectivity index (χ0) is 10.1. The van der Waals surface area contributed by atoms with E-state index in [0.29, 0.717) is 13.2 Å². The highest BCUT2D eigenvalue weighted by Crippen LogP contribution is 1.96. The molecule has 0 heterocycles. The second-order valence-electron chi connectivity index (χ2n) is 2.72. The number of unbranched alkanes of at least 4 members (excludes halogenated alkanes) is 1. The van der Waals surface area contributed by atoms with Crippen molar-refractivity contribution >= 4 is 5.97 Å². The van der Waals surface area contributed by atoms with Gasteiger partial charge in [0.1, 0.15) is 0 Å². The molecule has 0 radical (unpaired) electrons. The molecule has 78 valence electrons. The number of hydrogen-bond acceptors (Lipinski definition) is 4. The topological polar surface area (TPSA) is 44.8 Å². The molecular formula is C9H18O4. The van der Waals surface area contributed by atoms with Gasteiger partial charge in [0.15, 0.2) is 6.29 Å². The second-order valence-corrected chi connectivity index (χ2v) is 2.72. The molecule has 0 aromatic heterocycles. The third kappa shape index (κ3) is 9.30. The first-order valence-electron chi connectivity index (χ1n) is 4.44. The normalized spacial score (nSPS) is 12.5. The minimum atomic E-state index is -0.230. The Morgan fingerprint density at radius 2 is 1.92 bits per heavy atom. The van der Waals surface area contributed by atoms with Gasteiger partial charge < -0.3 is 14.2 Å². The third-order valence-electron chi connectivity index (χ3n) is 1.53. The number of carbonyl (C=O) groups is 1. The zero-order valence-corrected chi connectivity index (χ0v) is 8.54. The summed E-state index contributed by atoms with van der Waals surface area (Å²) in [7, 11) is 1.60. The van der Waals surface area contributed by atoms with Crippen molar-refractivity contribution in [2.24, 2.45) is 0 Å². The van der Waals surface area contributed by atoms with Crippen molar-refractivity contribution in [1.29, 1.82) is 0 Å². The van der Waals surface area contributed by atoms with Crippen LogP contribution < -0.4 is 0 Å². The van der Waals surface area contributed by atoms with Crippen LogP contribution in [0.4, 0.5) is 0 Å². The van der Waals surface area contributed by atoms with Gasteiger partial charge in [0.05, 0.1) is 6.61 Å². The van der Waals surface area contributed by atoms with Gasteiger partial charge >= 0.3 is 5.97 Å². The standard InChI is InChI=1S/C9H18O4/c1-8(10)12-6-4-5-7-13-9(2)11-3/h9H,4-7H2,1-3H3. The Bertz CT molecular complexity index is 136. The van der Waals surface area contributed by atoms with E-state index in [1.54, 1.807) is 7.11 Å². The number of rotatable bonds is 7. The molecule has 1 atom stereocenters. The van der Waals surface area contributed by atoms with Crippen molar-refractivity contribution in [3.63, 3.8) is 0 Å². The minimum Gasteiger partial charge on any atom is -0.466 e. The van der Waals surface area contributed by atoms with Crippen molar-refractivity contribution in [3.05, 3.63) is 0 Å². The van der Waals surface area contributed by atoms with Gasteiger partial charge in [-0.25, -0.2) is 0 Å². The Balaban J connectivity index is 3.04. The number of hydrogen-bond donors (Lipinski definition) is 0. The Kier molecular flexibility index (Phi) is 7.63. The van der Waals surface area contributed by atoms with Crippen LogP contribution in [0.5, 0.6) is 0 Å². The van der Waals surface area contributed by atoms with Gasteiger partial charge in [-0.2, -0.15) is 0 Å². The molecular weight excluding hydrogens is 172 g/mol. The maximum Gasteiger partial charge on any atom is 0.302 e. The molecule has 0 aromatic rings. The van der Waals surface area contributed by atoms with Crippen molar-refractivity contribution < 1.29 is 19.0 Å². The molecule has 0 fully saturated rings. The van der Waals surface area contributed by atoms with Crippen molar-refractivity contribution in [3.8, 4) is 0 Å². The molecule has 4 heteroatoms. The summed E-state index contributed by atoms with van der Waals surface area (Å²) in [5.41, 5.74) is 0. The molecule has 0 rings (SSSR count). The van der Waals surface area contributed by atoms with Crippen LogP contribution in [0, 0.1) is 0 Å². The maximum absolute atomic E-state index is 10.4. The summed E-state index contributed by atoms with van der Waals surface area (Å²) in [4.78, 5) is 10.4. The average molecular weight is 190 g/mol. The summed E-state index contributed by atoms with van der Waals surface area (Å²) in [5.74, 6) is -0.230. The number of ether oxygens (including phenoxy) is 3. The molecule has 0 amide bonds. The van der Waals surface area contributed by atoms with Crippen molar-refractivity contribution in [1.82, 2.24) is 0 Å². The van der Waals surface area contributed by atoms with Gasteiger partial charge in [0, 0.05) is 20.6 Å². The SMILES string of the molecule is COC(C)OCCCCOC(C)=O. The fourth-order valence-corrected chi connectivity index (χ4v) is 0.737. The molecule has 0 spiro atoms. The van der Waals surface area contributed by atoms with Crippen LogP contribution in [0.3, 0.4) is 0 Å². The molecule has 0 aromatic carbocycles. The summed E-state index contributed by atoms with van der Waals surface area (Å²) >= 11 is 0. The maximum atomic E-state index is 10.4. The van der Waals surface area contributed by atoms with Gasteiger partial charge in [-0.15, -0.1) is 0 Å². The monoisotopic (exact) mass is 190 g/mol. The van der Waals surface area contributed by atoms with E-state index in [4.69, 9.17) is 14.2 Å². The van der Waals surface area contributed by atoms with E-state index < -0.39 is 0 Å². The lowest BCUT2D eigenvalue weighted by atomic mass is 10.3. The second kappa shape index (κ2) is 8.01. The fraction of sp³-hybridized carbons (Fsp3) is 0.889. The molecule has 4 nitrogen and oxygen atoms in total. The van der Waals surface area contributed by atoms with Gasteiger partial charge in [0.25, 0.3) is 0 Å². The van der Waals surface area contributed by atoms with Crippen LogP contribution in [-0.2, 0) is 19.0 Å². The van der Waals surface area contributed by atoms with Crippen LogP contribution in [0.1, 0.15) is 26.7 Å². The largest absolute Gasteiger partial charge is 0.466 e. The van der Waals surface area contributed by atoms with Crippen LogP contribution in [0.15, 0.2) is 0 Å². The van der Waals surface area contributed by atoms with E-state index in [0.717, 1.165) is 12.8 Å². The van der Waals surface area contributed by atoms with Crippen LogP contribution >= 0.6 is 0 Å². The molecule has 0 N–H and O–H groups in total. The first-order valence-corrected chi connectivity index (χ1v) is 4.44. The lowest BCUT2D eigenvalue weighted by Crippen LogP contribution is -2.11. The molecule has 0 aliphatic carbocycles. The van der Waals surface area contributed by atoms with Crippen LogP contribution in [0.25, 0.3) is 0 Å². The summed E-state index contributed by atoms with van der Waals surface area (Å²) in [6.07, 6.45) is 1.55. The van der Waals surface area contributed by atoms with E-state index in [2.05, 4.69) is 0 Å². The Hall–Kier alpha value is -0.610. The highest BCUT2D eigenvalue weighted by Gasteiger charge is 1.98. The van der Waals surface area contributed by atoms with E-state index in [9.17, 15) is 4.79 Å². The Morgan fingerprint density at radius 1 is 1.31 bits per heavy atom. The summed E-state index contributed by atoms with van der Waals surface area (Å²) < 4.78 is 14.9. The number of esters is 1. The highest BCUT2D eigenvalue weighted by molar-refractivity contribution is 5.65. The van der Waals surface area contributed by atoms with Crippen LogP contribution in [-0.4, -0.2) is 32.6 Å². The lowest BCUT2D eigenvalue weighted by Gasteiger charge is -2.10. The molecule has 0 saturated carbocycles. The minimum absolute atomic E-state index is 0.159. The van der Waals surface area contributed by atoms with Gasteiger partial charge in [-0.05, 0) is 19.8 Å². The summed E-state index contributed by atoms with van der Waals surface area (Å²) in [6, 6.07) is 0. The van der Waals surface area contributed by atoms with E-state index in [1.165, 1.54) is 6.92 Å². The summed E-state index contributed by atoms with van der Waals surface area (Å²) in [6.45, 7) is 4.35. The molecule has 0 bridgehead atoms. The van der Waals surface area contributed by atoms with E-state index >= 15 is 0 Å². The first-order chi connectivity index (χ1) is 6.16. The molecule has 1 unspecified atom stereocenters. The predicted octanol–water partition coefficient (Wildman–Crippen LogP) is 1.34. The highest BCUT2D eigenvalue weighted by atomic mass is 16.7. The van der Waals surface area contributed by atoms with E-state index in [1.807, 2.05) is 6.92 Å². The molecule has 0 aliphatic heterocycles. The van der Waals surface area contributed by atoms with Gasteiger partial charge in [-0.3, -0.25) is 4.79 Å². The quantitative estimate of drug-likeness (QED) is 0.345. The fourth-order valence-electron chi connectivity index (χ4n) is 0.737. The van der Waals surface area contributed by atoms with Gasteiger partial charge in [0.2, 0.25) is 0 Å². The number of methoxy groups -OCH3 is 1. The van der Waals surface area contributed by atoms with Crippen molar-refractivity contribution in [2.45, 2.75) is 33.0 Å². The third-order valence-corrected chi connectivity index (χ3v) is 1.53. The predicted molar refractivity (Wildman–Crippen MR) is 48.3 cm³/mol. The summed E-state index contributed by atoms with van der Waals surface area (Å²) in [5, 5.41) is 0. The van der Waals surface area contributed by atoms with Crippen molar-refractivity contribution in [2.75, 3.05) is 20.3 Å². The lowest BCUT2D eigenvalue weighted by molar-refractivity contribution is -0.141. The Morgan fingerprint density at radius 3 is 2.46 bits per heavy atom. The smallest absolute Gasteiger partial charge is 0.302 e. The van der Waals surface area contributed by atoms with Gasteiger partial charge in [-0.1, -0.05) is 0 Å². The van der Waals surface area contributed by atoms with E-state index in [-0.39, 0.29) is 12.3 Å². The first kappa shape index (κ1) is 12.4. The molecule has 0 aliphatic rings. The number of carbonyl (C=O) groups excluding carboxylic acids is 1. The van der Waals surface area contributed by atoms with Crippen LogP contribution in [0.2, 0.25) is 0 Å². The zero-order valence-electron chi connectivity index (χ0n) is 8.54. The Labute approximate surface area is 79.2 Å². The molecule has 0 saturated heterocycles.